The van der Waals surface area contributed by atoms with E-state index in [0.29, 0.717) is 11.5 Å². The van der Waals surface area contributed by atoms with Crippen molar-refractivity contribution in [3.05, 3.63) is 33.9 Å². The lowest BCUT2D eigenvalue weighted by Crippen LogP contribution is -2.45. The molecule has 0 aromatic heterocycles. The number of hydrogen-bond donors (Lipinski definition) is 2. The summed E-state index contributed by atoms with van der Waals surface area (Å²) >= 11 is 0. The second-order valence-electron chi connectivity index (χ2n) is 5.98. The number of aromatic hydroxyl groups is 1. The zero-order valence-electron chi connectivity index (χ0n) is 12.0. The molecule has 1 saturated heterocycles. The molecule has 6 nitrogen and oxygen atoms in total. The number of benzene rings is 1. The molecule has 0 bridgehead atoms. The highest BCUT2D eigenvalue weighted by molar-refractivity contribution is 5.44. The van der Waals surface area contributed by atoms with E-state index >= 15 is 0 Å². The van der Waals surface area contributed by atoms with E-state index in [2.05, 4.69) is 10.2 Å². The summed E-state index contributed by atoms with van der Waals surface area (Å²) in [6, 6.07) is 4.45. The summed E-state index contributed by atoms with van der Waals surface area (Å²) in [6.07, 6.45) is 3.45. The first-order chi connectivity index (χ1) is 10.1. The molecular weight excluding hydrogens is 270 g/mol. The SMILES string of the molecule is O=[N+]([O-])c1ccc(O)c([C@H](CC2CC2)N2CCNCC2)c1. The molecule has 1 aliphatic heterocycles. The van der Waals surface area contributed by atoms with Crippen LogP contribution in [0.3, 0.4) is 0 Å². The monoisotopic (exact) mass is 291 g/mol. The Bertz CT molecular complexity index is 525. The van der Waals surface area contributed by atoms with Gasteiger partial charge in [-0.2, -0.15) is 0 Å². The fourth-order valence-electron chi connectivity index (χ4n) is 3.06. The highest BCUT2D eigenvalue weighted by atomic mass is 16.6. The van der Waals surface area contributed by atoms with Crippen LogP contribution in [0, 0.1) is 16.0 Å². The van der Waals surface area contributed by atoms with Gasteiger partial charge < -0.3 is 10.4 Å². The highest BCUT2D eigenvalue weighted by Crippen LogP contribution is 2.42. The number of nitrogens with one attached hydrogen (secondary N) is 1. The second-order valence-corrected chi connectivity index (χ2v) is 5.98. The Labute approximate surface area is 123 Å². The van der Waals surface area contributed by atoms with Gasteiger partial charge in [-0.3, -0.25) is 15.0 Å². The third-order valence-electron chi connectivity index (χ3n) is 4.43. The highest BCUT2D eigenvalue weighted by Gasteiger charge is 2.32. The quantitative estimate of drug-likeness (QED) is 0.641. The van der Waals surface area contributed by atoms with Gasteiger partial charge in [0.05, 0.1) is 4.92 Å². The fraction of sp³-hybridized carbons (Fsp3) is 0.600. The van der Waals surface area contributed by atoms with Gasteiger partial charge in [-0.15, -0.1) is 0 Å². The lowest BCUT2D eigenvalue weighted by molar-refractivity contribution is -0.385. The van der Waals surface area contributed by atoms with Crippen molar-refractivity contribution in [2.75, 3.05) is 26.2 Å². The van der Waals surface area contributed by atoms with Crippen LogP contribution in [-0.2, 0) is 0 Å². The van der Waals surface area contributed by atoms with Crippen LogP contribution in [0.4, 0.5) is 5.69 Å². The maximum absolute atomic E-state index is 11.0. The summed E-state index contributed by atoms with van der Waals surface area (Å²) in [5.41, 5.74) is 0.761. The molecule has 0 amide bonds. The van der Waals surface area contributed by atoms with Gasteiger partial charge in [0.25, 0.3) is 5.69 Å². The maximum atomic E-state index is 11.0. The summed E-state index contributed by atoms with van der Waals surface area (Å²) in [6.45, 7) is 3.69. The van der Waals surface area contributed by atoms with Gasteiger partial charge in [0.1, 0.15) is 5.75 Å². The molecule has 2 aliphatic rings. The van der Waals surface area contributed by atoms with Crippen LogP contribution in [0.1, 0.15) is 30.9 Å². The minimum absolute atomic E-state index is 0.0544. The number of rotatable bonds is 5. The lowest BCUT2D eigenvalue weighted by Gasteiger charge is -2.35. The number of nitrogens with zero attached hydrogens (tertiary/aromatic N) is 2. The molecule has 1 heterocycles. The van der Waals surface area contributed by atoms with Crippen LogP contribution in [0.15, 0.2) is 18.2 Å². The van der Waals surface area contributed by atoms with Crippen molar-refractivity contribution in [1.29, 1.82) is 0 Å². The molecule has 114 valence electrons. The molecule has 3 rings (SSSR count). The Kier molecular flexibility index (Phi) is 4.07. The molecule has 1 aliphatic carbocycles. The predicted octanol–water partition coefficient (Wildman–Crippen LogP) is 2.05. The molecule has 1 aromatic rings. The Balaban J connectivity index is 1.90. The van der Waals surface area contributed by atoms with Crippen LogP contribution in [0.2, 0.25) is 0 Å². The van der Waals surface area contributed by atoms with Crippen molar-refractivity contribution >= 4 is 5.69 Å². The van der Waals surface area contributed by atoms with E-state index in [1.807, 2.05) is 0 Å². The summed E-state index contributed by atoms with van der Waals surface area (Å²) in [5.74, 6) is 0.869. The van der Waals surface area contributed by atoms with E-state index in [1.165, 1.54) is 25.0 Å². The fourth-order valence-corrected chi connectivity index (χ4v) is 3.06. The molecule has 2 N–H and O–H groups in total. The number of hydrogen-bond acceptors (Lipinski definition) is 5. The van der Waals surface area contributed by atoms with E-state index < -0.39 is 4.92 Å². The Hall–Kier alpha value is -1.66. The smallest absolute Gasteiger partial charge is 0.270 e. The number of nitro benzene ring substituents is 1. The molecule has 1 saturated carbocycles. The van der Waals surface area contributed by atoms with Gasteiger partial charge in [-0.05, 0) is 18.4 Å². The summed E-state index contributed by atoms with van der Waals surface area (Å²) < 4.78 is 0. The van der Waals surface area contributed by atoms with Crippen molar-refractivity contribution < 1.29 is 10.0 Å². The molecule has 1 aromatic carbocycles. The third-order valence-corrected chi connectivity index (χ3v) is 4.43. The first kappa shape index (κ1) is 14.3. The van der Waals surface area contributed by atoms with Gasteiger partial charge in [0.2, 0.25) is 0 Å². The number of non-ortho nitro benzene ring substituents is 1. The molecular formula is C15H21N3O3. The van der Waals surface area contributed by atoms with Crippen molar-refractivity contribution in [3.63, 3.8) is 0 Å². The molecule has 2 fully saturated rings. The van der Waals surface area contributed by atoms with E-state index in [-0.39, 0.29) is 17.5 Å². The topological polar surface area (TPSA) is 78.6 Å². The van der Waals surface area contributed by atoms with Crippen LogP contribution >= 0.6 is 0 Å². The van der Waals surface area contributed by atoms with Crippen LogP contribution < -0.4 is 5.32 Å². The molecule has 0 radical (unpaired) electrons. The predicted molar refractivity (Wildman–Crippen MR) is 79.3 cm³/mol. The second kappa shape index (κ2) is 5.99. The van der Waals surface area contributed by atoms with Crippen LogP contribution in [0.5, 0.6) is 5.75 Å². The third kappa shape index (κ3) is 3.33. The van der Waals surface area contributed by atoms with Crippen molar-refractivity contribution in [1.82, 2.24) is 10.2 Å². The van der Waals surface area contributed by atoms with E-state index in [0.717, 1.165) is 32.6 Å². The minimum atomic E-state index is -0.394. The van der Waals surface area contributed by atoms with Crippen LogP contribution in [-0.4, -0.2) is 41.1 Å². The number of piperazine rings is 1. The van der Waals surface area contributed by atoms with Gasteiger partial charge in [-0.1, -0.05) is 12.8 Å². The Morgan fingerprint density at radius 2 is 2.10 bits per heavy atom. The van der Waals surface area contributed by atoms with E-state index in [4.69, 9.17) is 0 Å². The Morgan fingerprint density at radius 3 is 2.71 bits per heavy atom. The molecule has 21 heavy (non-hydrogen) atoms. The minimum Gasteiger partial charge on any atom is -0.508 e. The van der Waals surface area contributed by atoms with Gasteiger partial charge in [0.15, 0.2) is 0 Å². The Morgan fingerprint density at radius 1 is 1.38 bits per heavy atom. The number of nitro groups is 1. The van der Waals surface area contributed by atoms with Gasteiger partial charge in [0, 0.05) is 49.9 Å². The maximum Gasteiger partial charge on any atom is 0.270 e. The summed E-state index contributed by atoms with van der Waals surface area (Å²) in [7, 11) is 0. The number of phenolic OH excluding ortho intramolecular Hbond substituents is 1. The lowest BCUT2D eigenvalue weighted by atomic mass is 9.97. The largest absolute Gasteiger partial charge is 0.508 e. The van der Waals surface area contributed by atoms with Gasteiger partial charge >= 0.3 is 0 Å². The molecule has 6 heteroatoms. The molecule has 0 spiro atoms. The summed E-state index contributed by atoms with van der Waals surface area (Å²) in [5, 5.41) is 24.5. The normalized spacial score (nSPS) is 21.1. The van der Waals surface area contributed by atoms with Crippen molar-refractivity contribution in [3.8, 4) is 5.75 Å². The zero-order valence-corrected chi connectivity index (χ0v) is 12.0. The molecule has 0 unspecified atom stereocenters. The van der Waals surface area contributed by atoms with Crippen LogP contribution in [0.25, 0.3) is 0 Å². The van der Waals surface area contributed by atoms with Crippen molar-refractivity contribution in [2.24, 2.45) is 5.92 Å². The molecule has 1 atom stereocenters. The van der Waals surface area contributed by atoms with E-state index in [1.54, 1.807) is 6.07 Å². The number of phenols is 1. The first-order valence-electron chi connectivity index (χ1n) is 7.57. The first-order valence-corrected chi connectivity index (χ1v) is 7.57. The van der Waals surface area contributed by atoms with Crippen molar-refractivity contribution in [2.45, 2.75) is 25.3 Å². The van der Waals surface area contributed by atoms with E-state index in [9.17, 15) is 15.2 Å². The standard InChI is InChI=1S/C15H21N3O3/c19-15-4-3-12(18(20)21)10-13(15)14(9-11-1-2-11)17-7-5-16-6-8-17/h3-4,10-11,14,16,19H,1-2,5-9H2/t14-/m0/s1. The average molecular weight is 291 g/mol. The van der Waals surface area contributed by atoms with Gasteiger partial charge in [-0.25, -0.2) is 0 Å². The zero-order chi connectivity index (χ0) is 14.8. The average Bonchev–Trinajstić information content (AvgIpc) is 3.30. The summed E-state index contributed by atoms with van der Waals surface area (Å²) in [4.78, 5) is 12.9.